The smallest absolute Gasteiger partial charge is 0.0424 e. The second-order valence-electron chi connectivity index (χ2n) is 4.42. The summed E-state index contributed by atoms with van der Waals surface area (Å²) in [6, 6.07) is 6.18. The molecule has 0 bridgehead atoms. The minimum absolute atomic E-state index is 0.557. The number of benzene rings is 1. The fraction of sp³-hybridized carbons (Fsp3) is 0.538. The Morgan fingerprint density at radius 2 is 1.71 bits per heavy atom. The van der Waals surface area contributed by atoms with Crippen molar-refractivity contribution >= 4 is 23.2 Å². The van der Waals surface area contributed by atoms with Crippen LogP contribution in [0.15, 0.2) is 18.2 Å². The molecule has 0 unspecified atom stereocenters. The summed E-state index contributed by atoms with van der Waals surface area (Å²) in [4.78, 5) is 0. The van der Waals surface area contributed by atoms with Gasteiger partial charge < -0.3 is 10.6 Å². The molecule has 0 fully saturated rings. The van der Waals surface area contributed by atoms with Gasteiger partial charge in [0.15, 0.2) is 0 Å². The van der Waals surface area contributed by atoms with Crippen LogP contribution in [-0.2, 0) is 6.54 Å². The van der Waals surface area contributed by atoms with E-state index in [1.807, 2.05) is 12.1 Å². The van der Waals surface area contributed by atoms with Gasteiger partial charge >= 0.3 is 0 Å². The van der Waals surface area contributed by atoms with Crippen molar-refractivity contribution in [2.45, 2.75) is 32.9 Å². The summed E-state index contributed by atoms with van der Waals surface area (Å²) >= 11 is 11.9. The average molecular weight is 275 g/mol. The minimum Gasteiger partial charge on any atom is -0.314 e. The molecule has 0 aliphatic carbocycles. The maximum absolute atomic E-state index is 5.93. The summed E-state index contributed by atoms with van der Waals surface area (Å²) in [5.41, 5.74) is 1.12. The van der Waals surface area contributed by atoms with E-state index in [4.69, 9.17) is 23.2 Å². The first-order valence-electron chi connectivity index (χ1n) is 5.97. The molecule has 1 aromatic carbocycles. The lowest BCUT2D eigenvalue weighted by Gasteiger charge is -2.09. The van der Waals surface area contributed by atoms with Crippen LogP contribution in [0.5, 0.6) is 0 Å². The molecule has 2 nitrogen and oxygen atoms in total. The van der Waals surface area contributed by atoms with Gasteiger partial charge in [-0.3, -0.25) is 0 Å². The molecule has 1 aromatic rings. The normalized spacial score (nSPS) is 11.1. The molecule has 4 heteroatoms. The van der Waals surface area contributed by atoms with Crippen molar-refractivity contribution in [1.82, 2.24) is 10.6 Å². The largest absolute Gasteiger partial charge is 0.314 e. The summed E-state index contributed by atoms with van der Waals surface area (Å²) < 4.78 is 0. The molecule has 0 aliphatic heterocycles. The van der Waals surface area contributed by atoms with E-state index >= 15 is 0 Å². The fourth-order valence-corrected chi connectivity index (χ4v) is 2.12. The average Bonchev–Trinajstić information content (AvgIpc) is 2.21. The van der Waals surface area contributed by atoms with Gasteiger partial charge in [-0.1, -0.05) is 37.0 Å². The van der Waals surface area contributed by atoms with Crippen LogP contribution in [0.1, 0.15) is 25.8 Å². The molecule has 17 heavy (non-hydrogen) atoms. The van der Waals surface area contributed by atoms with Gasteiger partial charge in [0.25, 0.3) is 0 Å². The number of halogens is 2. The molecular weight excluding hydrogens is 255 g/mol. The molecule has 0 spiro atoms. The van der Waals surface area contributed by atoms with Gasteiger partial charge in [-0.25, -0.2) is 0 Å². The zero-order valence-electron chi connectivity index (χ0n) is 10.4. The van der Waals surface area contributed by atoms with Gasteiger partial charge in [-0.2, -0.15) is 0 Å². The van der Waals surface area contributed by atoms with Crippen molar-refractivity contribution in [3.8, 4) is 0 Å². The van der Waals surface area contributed by atoms with Gasteiger partial charge in [0.1, 0.15) is 0 Å². The summed E-state index contributed by atoms with van der Waals surface area (Å²) in [6.45, 7) is 7.15. The van der Waals surface area contributed by atoms with Crippen LogP contribution in [0.2, 0.25) is 10.0 Å². The lowest BCUT2D eigenvalue weighted by atomic mass is 10.2. The van der Waals surface area contributed by atoms with Crippen molar-refractivity contribution in [2.24, 2.45) is 0 Å². The number of hydrogen-bond acceptors (Lipinski definition) is 2. The van der Waals surface area contributed by atoms with Gasteiger partial charge in [0.05, 0.1) is 0 Å². The molecule has 96 valence electrons. The molecule has 0 saturated carbocycles. The van der Waals surface area contributed by atoms with E-state index in [1.165, 1.54) is 0 Å². The third-order valence-corrected chi connectivity index (χ3v) is 2.77. The highest BCUT2D eigenvalue weighted by atomic mass is 35.5. The van der Waals surface area contributed by atoms with Crippen molar-refractivity contribution < 1.29 is 0 Å². The highest BCUT2D eigenvalue weighted by molar-refractivity contribution is 6.34. The molecule has 0 saturated heterocycles. The third kappa shape index (κ3) is 6.89. The topological polar surface area (TPSA) is 24.1 Å². The van der Waals surface area contributed by atoms with Gasteiger partial charge in [0.2, 0.25) is 0 Å². The predicted molar refractivity (Wildman–Crippen MR) is 75.9 cm³/mol. The van der Waals surface area contributed by atoms with E-state index in [1.54, 1.807) is 6.07 Å². The molecule has 0 radical (unpaired) electrons. The van der Waals surface area contributed by atoms with Crippen LogP contribution in [-0.4, -0.2) is 19.1 Å². The summed E-state index contributed by atoms with van der Waals surface area (Å²) in [7, 11) is 0. The highest BCUT2D eigenvalue weighted by Crippen LogP contribution is 2.18. The monoisotopic (exact) mass is 274 g/mol. The SMILES string of the molecule is CC(C)NCCCNCc1cc(Cl)cc(Cl)c1. The van der Waals surface area contributed by atoms with E-state index in [0.29, 0.717) is 16.1 Å². The van der Waals surface area contributed by atoms with E-state index in [2.05, 4.69) is 24.5 Å². The zero-order chi connectivity index (χ0) is 12.7. The van der Waals surface area contributed by atoms with Crippen LogP contribution < -0.4 is 10.6 Å². The standard InChI is InChI=1S/C13H20Cl2N2/c1-10(2)17-5-3-4-16-9-11-6-12(14)8-13(15)7-11/h6-8,10,16-17H,3-5,9H2,1-2H3. The van der Waals surface area contributed by atoms with Crippen LogP contribution in [0.3, 0.4) is 0 Å². The van der Waals surface area contributed by atoms with Crippen molar-refractivity contribution in [1.29, 1.82) is 0 Å². The van der Waals surface area contributed by atoms with Crippen LogP contribution in [0.4, 0.5) is 0 Å². The predicted octanol–water partition coefficient (Wildman–Crippen LogP) is 3.47. The Morgan fingerprint density at radius 3 is 2.29 bits per heavy atom. The summed E-state index contributed by atoms with van der Waals surface area (Å²) in [6.07, 6.45) is 1.12. The maximum atomic E-state index is 5.93. The van der Waals surface area contributed by atoms with Gasteiger partial charge in [0, 0.05) is 22.6 Å². The quantitative estimate of drug-likeness (QED) is 0.744. The highest BCUT2D eigenvalue weighted by Gasteiger charge is 1.98. The molecule has 1 rings (SSSR count). The Morgan fingerprint density at radius 1 is 1.06 bits per heavy atom. The lowest BCUT2D eigenvalue weighted by Crippen LogP contribution is -2.26. The number of nitrogens with one attached hydrogen (secondary N) is 2. The Bertz CT molecular complexity index is 320. The molecule has 0 amide bonds. The van der Waals surface area contributed by atoms with Crippen LogP contribution in [0.25, 0.3) is 0 Å². The maximum Gasteiger partial charge on any atom is 0.0424 e. The van der Waals surface area contributed by atoms with Gasteiger partial charge in [-0.05, 0) is 43.3 Å². The van der Waals surface area contributed by atoms with Crippen molar-refractivity contribution in [3.63, 3.8) is 0 Å². The first-order valence-corrected chi connectivity index (χ1v) is 6.72. The Labute approximate surface area is 114 Å². The summed E-state index contributed by atoms with van der Waals surface area (Å²) in [5.74, 6) is 0. The Hall–Kier alpha value is -0.280. The molecule has 2 N–H and O–H groups in total. The second kappa shape index (κ2) is 7.93. The summed E-state index contributed by atoms with van der Waals surface area (Å²) in [5, 5.41) is 8.13. The third-order valence-electron chi connectivity index (χ3n) is 2.33. The zero-order valence-corrected chi connectivity index (χ0v) is 11.9. The lowest BCUT2D eigenvalue weighted by molar-refractivity contribution is 0.547. The van der Waals surface area contributed by atoms with Gasteiger partial charge in [-0.15, -0.1) is 0 Å². The molecule has 0 heterocycles. The first-order chi connectivity index (χ1) is 8.08. The first kappa shape index (κ1) is 14.8. The van der Waals surface area contributed by atoms with Crippen molar-refractivity contribution in [2.75, 3.05) is 13.1 Å². The minimum atomic E-state index is 0.557. The van der Waals surface area contributed by atoms with E-state index in [0.717, 1.165) is 31.6 Å². The van der Waals surface area contributed by atoms with Crippen LogP contribution in [0, 0.1) is 0 Å². The van der Waals surface area contributed by atoms with E-state index < -0.39 is 0 Å². The molecule has 0 aliphatic rings. The molecule has 0 atom stereocenters. The second-order valence-corrected chi connectivity index (χ2v) is 5.29. The Kier molecular flexibility index (Phi) is 6.90. The number of rotatable bonds is 7. The Balaban J connectivity index is 2.18. The molecule has 0 aromatic heterocycles. The molecular formula is C13H20Cl2N2. The van der Waals surface area contributed by atoms with Crippen molar-refractivity contribution in [3.05, 3.63) is 33.8 Å². The van der Waals surface area contributed by atoms with E-state index in [-0.39, 0.29) is 0 Å². The fourth-order valence-electron chi connectivity index (χ4n) is 1.55. The number of hydrogen-bond donors (Lipinski definition) is 2. The van der Waals surface area contributed by atoms with Crippen LogP contribution >= 0.6 is 23.2 Å². The van der Waals surface area contributed by atoms with E-state index in [9.17, 15) is 0 Å².